The number of hydrogen-bond acceptors (Lipinski definition) is 6. The Balaban J connectivity index is 1.83. The summed E-state index contributed by atoms with van der Waals surface area (Å²) in [6, 6.07) is 5.19. The van der Waals surface area contributed by atoms with Crippen molar-refractivity contribution in [2.24, 2.45) is 17.8 Å². The fourth-order valence-electron chi connectivity index (χ4n) is 6.59. The van der Waals surface area contributed by atoms with Gasteiger partial charge in [0.1, 0.15) is 6.04 Å². The third kappa shape index (κ3) is 3.89. The van der Waals surface area contributed by atoms with Gasteiger partial charge in [-0.05, 0) is 50.7 Å². The Morgan fingerprint density at radius 2 is 2.03 bits per heavy atom. The molecule has 0 radical (unpaired) electrons. The number of aliphatic hydroxyl groups is 1. The molecule has 35 heavy (non-hydrogen) atoms. The number of aryl methyl sites for hydroxylation is 2. The van der Waals surface area contributed by atoms with Gasteiger partial charge in [-0.25, -0.2) is 0 Å². The number of benzene rings is 1. The van der Waals surface area contributed by atoms with Gasteiger partial charge >= 0.3 is 5.97 Å². The highest BCUT2D eigenvalue weighted by atomic mass is 32.2. The molecule has 1 aromatic carbocycles. The van der Waals surface area contributed by atoms with Crippen molar-refractivity contribution in [3.05, 3.63) is 42.0 Å². The number of nitrogens with zero attached hydrogens (tertiary/aromatic N) is 2. The summed E-state index contributed by atoms with van der Waals surface area (Å²) in [4.78, 5) is 44.9. The molecule has 1 spiro atoms. The molecule has 8 heteroatoms. The lowest BCUT2D eigenvalue weighted by Crippen LogP contribution is -2.57. The maximum Gasteiger partial charge on any atom is 0.310 e. The van der Waals surface area contributed by atoms with Gasteiger partial charge in [-0.2, -0.15) is 0 Å². The summed E-state index contributed by atoms with van der Waals surface area (Å²) >= 11 is 1.64. The average Bonchev–Trinajstić information content (AvgIpc) is 3.40. The number of amides is 2. The largest absolute Gasteiger partial charge is 0.466 e. The Morgan fingerprint density at radius 1 is 1.34 bits per heavy atom. The summed E-state index contributed by atoms with van der Waals surface area (Å²) in [7, 11) is 0. The zero-order valence-electron chi connectivity index (χ0n) is 21.0. The Bertz CT molecular complexity index is 1010. The van der Waals surface area contributed by atoms with E-state index in [0.717, 1.165) is 23.2 Å². The van der Waals surface area contributed by atoms with Crippen LogP contribution in [0.4, 0.5) is 5.69 Å². The first kappa shape index (κ1) is 25.8. The van der Waals surface area contributed by atoms with Crippen LogP contribution in [-0.2, 0) is 19.1 Å². The molecular weight excluding hydrogens is 464 g/mol. The third-order valence-corrected chi connectivity index (χ3v) is 9.96. The minimum atomic E-state index is -0.727. The summed E-state index contributed by atoms with van der Waals surface area (Å²) in [5.74, 6) is -1.74. The minimum Gasteiger partial charge on any atom is -0.466 e. The molecule has 0 aliphatic carbocycles. The van der Waals surface area contributed by atoms with Crippen molar-refractivity contribution in [3.8, 4) is 0 Å². The maximum absolute atomic E-state index is 14.5. The molecule has 3 heterocycles. The topological polar surface area (TPSA) is 87.2 Å². The standard InChI is InChI=1S/C27H36N2O5S/c1-6-12-28(22-16(3)10-8-11-17(22)4)25(32)23-27-18(5)15-19(35-27)20(26(33)34-7-2)21(27)24(31)29(23)13-9-14-30/h6,8,10-11,18-21,23,30H,1,7,9,12-15H2,2-5H3/t18?,19-,20+,21+,23?,27?/m1/s1. The highest BCUT2D eigenvalue weighted by Crippen LogP contribution is 2.68. The van der Waals surface area contributed by atoms with Gasteiger partial charge in [-0.3, -0.25) is 14.4 Å². The van der Waals surface area contributed by atoms with Crippen molar-refractivity contribution in [2.45, 2.75) is 56.6 Å². The number of carbonyl (C=O) groups excluding carboxylic acids is 3. The second-order valence-electron chi connectivity index (χ2n) is 9.89. The van der Waals surface area contributed by atoms with Gasteiger partial charge < -0.3 is 19.6 Å². The van der Waals surface area contributed by atoms with Gasteiger partial charge in [0.2, 0.25) is 5.91 Å². The molecule has 2 amide bonds. The van der Waals surface area contributed by atoms with Crippen molar-refractivity contribution in [1.82, 2.24) is 4.90 Å². The summed E-state index contributed by atoms with van der Waals surface area (Å²) in [6.45, 7) is 12.5. The first-order valence-corrected chi connectivity index (χ1v) is 13.4. The third-order valence-electron chi connectivity index (χ3n) is 7.88. The number of thioether (sulfide) groups is 1. The number of rotatable bonds is 9. The van der Waals surface area contributed by atoms with Gasteiger partial charge in [0, 0.05) is 30.6 Å². The van der Waals surface area contributed by atoms with Gasteiger partial charge in [0.15, 0.2) is 0 Å². The molecule has 0 saturated carbocycles. The first-order chi connectivity index (χ1) is 16.7. The number of fused-ring (bicyclic) bond motifs is 1. The molecule has 190 valence electrons. The van der Waals surface area contributed by atoms with E-state index in [2.05, 4.69) is 13.5 Å². The lowest BCUT2D eigenvalue weighted by atomic mass is 9.66. The Labute approximate surface area is 211 Å². The number of likely N-dealkylation sites (tertiary alicyclic amines) is 1. The number of hydrogen-bond donors (Lipinski definition) is 1. The second-order valence-corrected chi connectivity index (χ2v) is 11.4. The van der Waals surface area contributed by atoms with Crippen LogP contribution in [0.15, 0.2) is 30.9 Å². The molecule has 0 aromatic heterocycles. The SMILES string of the molecule is C=CCN(C(=O)C1N(CCCO)C(=O)[C@@H]2[C@@H](C(=O)OCC)[C@H]3CC(C)C12S3)c1c(C)cccc1C. The van der Waals surface area contributed by atoms with E-state index < -0.39 is 22.6 Å². The number of esters is 1. The van der Waals surface area contributed by atoms with Crippen molar-refractivity contribution in [2.75, 3.05) is 31.2 Å². The molecular formula is C27H36N2O5S. The molecule has 3 saturated heterocycles. The molecule has 2 bridgehead atoms. The van der Waals surface area contributed by atoms with E-state index in [1.165, 1.54) is 0 Å². The molecule has 3 aliphatic rings. The fraction of sp³-hybridized carbons (Fsp3) is 0.593. The number of anilines is 1. The van der Waals surface area contributed by atoms with Gasteiger partial charge in [-0.1, -0.05) is 31.2 Å². The van der Waals surface area contributed by atoms with E-state index in [-0.39, 0.29) is 48.7 Å². The molecule has 1 aromatic rings. The van der Waals surface area contributed by atoms with E-state index in [0.29, 0.717) is 13.0 Å². The van der Waals surface area contributed by atoms with Crippen molar-refractivity contribution < 1.29 is 24.2 Å². The van der Waals surface area contributed by atoms with Crippen LogP contribution in [0.2, 0.25) is 0 Å². The summed E-state index contributed by atoms with van der Waals surface area (Å²) < 4.78 is 4.69. The molecule has 3 unspecified atom stereocenters. The van der Waals surface area contributed by atoms with E-state index in [1.807, 2.05) is 32.0 Å². The van der Waals surface area contributed by atoms with E-state index in [4.69, 9.17) is 4.74 Å². The van der Waals surface area contributed by atoms with Crippen LogP contribution in [-0.4, -0.2) is 70.1 Å². The Hall–Kier alpha value is -2.32. The van der Waals surface area contributed by atoms with Crippen LogP contribution < -0.4 is 4.90 Å². The van der Waals surface area contributed by atoms with Gasteiger partial charge in [-0.15, -0.1) is 18.3 Å². The highest BCUT2D eigenvalue weighted by Gasteiger charge is 2.76. The van der Waals surface area contributed by atoms with Crippen LogP contribution in [0.5, 0.6) is 0 Å². The Kier molecular flexibility index (Phi) is 7.34. The highest BCUT2D eigenvalue weighted by molar-refractivity contribution is 8.02. The smallest absolute Gasteiger partial charge is 0.310 e. The van der Waals surface area contributed by atoms with Crippen molar-refractivity contribution in [3.63, 3.8) is 0 Å². The number of aliphatic hydroxyl groups excluding tert-OH is 1. The van der Waals surface area contributed by atoms with Crippen LogP contribution in [0.1, 0.15) is 37.8 Å². The monoisotopic (exact) mass is 500 g/mol. The summed E-state index contributed by atoms with van der Waals surface area (Å²) in [5, 5.41) is 9.51. The predicted octanol–water partition coefficient (Wildman–Crippen LogP) is 3.11. The lowest BCUT2D eigenvalue weighted by Gasteiger charge is -2.41. The zero-order chi connectivity index (χ0) is 25.5. The molecule has 4 rings (SSSR count). The second kappa shape index (κ2) is 9.97. The van der Waals surface area contributed by atoms with E-state index >= 15 is 0 Å². The molecule has 1 N–H and O–H groups in total. The lowest BCUT2D eigenvalue weighted by molar-refractivity contribution is -0.154. The van der Waals surface area contributed by atoms with E-state index in [9.17, 15) is 19.5 Å². The number of carbonyl (C=O) groups is 3. The predicted molar refractivity (Wildman–Crippen MR) is 137 cm³/mol. The number of ether oxygens (including phenoxy) is 1. The molecule has 3 fully saturated rings. The molecule has 3 aliphatic heterocycles. The van der Waals surface area contributed by atoms with Gasteiger partial charge in [0.25, 0.3) is 5.91 Å². The van der Waals surface area contributed by atoms with E-state index in [1.54, 1.807) is 34.6 Å². The first-order valence-electron chi connectivity index (χ1n) is 12.5. The molecule has 7 nitrogen and oxygen atoms in total. The molecule has 6 atom stereocenters. The number of para-hydroxylation sites is 1. The maximum atomic E-state index is 14.5. The normalized spacial score (nSPS) is 30.9. The van der Waals surface area contributed by atoms with Crippen molar-refractivity contribution >= 4 is 35.2 Å². The summed E-state index contributed by atoms with van der Waals surface area (Å²) in [6.07, 6.45) is 2.84. The minimum absolute atomic E-state index is 0.0404. The van der Waals surface area contributed by atoms with Crippen LogP contribution in [0.25, 0.3) is 0 Å². The van der Waals surface area contributed by atoms with Crippen molar-refractivity contribution in [1.29, 1.82) is 0 Å². The van der Waals surface area contributed by atoms with Crippen LogP contribution in [0, 0.1) is 31.6 Å². The average molecular weight is 501 g/mol. The van der Waals surface area contributed by atoms with Crippen LogP contribution in [0.3, 0.4) is 0 Å². The Morgan fingerprint density at radius 3 is 2.63 bits per heavy atom. The summed E-state index contributed by atoms with van der Waals surface area (Å²) in [5.41, 5.74) is 2.78. The zero-order valence-corrected chi connectivity index (χ0v) is 21.8. The van der Waals surface area contributed by atoms with Crippen LogP contribution >= 0.6 is 11.8 Å². The van der Waals surface area contributed by atoms with Gasteiger partial charge in [0.05, 0.1) is 23.2 Å². The fourth-order valence-corrected chi connectivity index (χ4v) is 8.99. The quantitative estimate of drug-likeness (QED) is 0.414.